The van der Waals surface area contributed by atoms with Crippen LogP contribution in [0.3, 0.4) is 0 Å². The van der Waals surface area contributed by atoms with Crippen molar-refractivity contribution < 1.29 is 4.79 Å². The molecule has 2 aromatic rings. The Hall–Kier alpha value is -1.89. The van der Waals surface area contributed by atoms with Crippen molar-refractivity contribution in [1.29, 1.82) is 0 Å². The van der Waals surface area contributed by atoms with E-state index < -0.39 is 0 Å². The topological polar surface area (TPSA) is 17.1 Å². The molecule has 0 aromatic heterocycles. The Kier molecular flexibility index (Phi) is 1.74. The maximum absolute atomic E-state index is 12.4. The fourth-order valence-corrected chi connectivity index (χ4v) is 3.80. The molecule has 0 heterocycles. The molecule has 0 unspecified atom stereocenters. The van der Waals surface area contributed by atoms with Crippen LogP contribution < -0.4 is 0 Å². The summed E-state index contributed by atoms with van der Waals surface area (Å²) in [5.74, 6) is 0.342. The highest BCUT2D eigenvalue weighted by atomic mass is 16.1. The van der Waals surface area contributed by atoms with Gasteiger partial charge in [-0.1, -0.05) is 55.5 Å². The van der Waals surface area contributed by atoms with Crippen molar-refractivity contribution in [2.24, 2.45) is 0 Å². The van der Waals surface area contributed by atoms with Gasteiger partial charge >= 0.3 is 0 Å². The first-order valence-electron chi connectivity index (χ1n) is 6.43. The predicted molar refractivity (Wildman–Crippen MR) is 70.8 cm³/mol. The van der Waals surface area contributed by atoms with E-state index in [2.05, 4.69) is 43.3 Å². The molecule has 88 valence electrons. The molecule has 0 saturated carbocycles. The molecule has 0 spiro atoms. The average molecular weight is 234 g/mol. The molecule has 0 N–H and O–H groups in total. The summed E-state index contributed by atoms with van der Waals surface area (Å²) < 4.78 is 0. The smallest absolute Gasteiger partial charge is 0.145 e. The lowest BCUT2D eigenvalue weighted by atomic mass is 9.56. The van der Waals surface area contributed by atoms with Gasteiger partial charge in [0.2, 0.25) is 0 Å². The molecule has 18 heavy (non-hydrogen) atoms. The second-order valence-corrected chi connectivity index (χ2v) is 5.58. The van der Waals surface area contributed by atoms with Crippen LogP contribution in [0.15, 0.2) is 48.5 Å². The van der Waals surface area contributed by atoms with Crippen molar-refractivity contribution in [3.05, 3.63) is 70.8 Å². The third-order valence-electron chi connectivity index (χ3n) is 4.58. The van der Waals surface area contributed by atoms with Crippen molar-refractivity contribution in [1.82, 2.24) is 0 Å². The van der Waals surface area contributed by atoms with E-state index in [1.807, 2.05) is 12.1 Å². The molecule has 0 fully saturated rings. The van der Waals surface area contributed by atoms with Gasteiger partial charge in [0.15, 0.2) is 0 Å². The zero-order valence-electron chi connectivity index (χ0n) is 10.3. The Bertz CT molecular complexity index is 621. The van der Waals surface area contributed by atoms with Gasteiger partial charge < -0.3 is 0 Å². The highest BCUT2D eigenvalue weighted by molar-refractivity contribution is 5.96. The van der Waals surface area contributed by atoms with Crippen LogP contribution in [0.5, 0.6) is 0 Å². The summed E-state index contributed by atoms with van der Waals surface area (Å²) in [6.45, 7) is 2.21. The number of carbonyl (C=O) groups excluding carboxylic acids is 1. The van der Waals surface area contributed by atoms with Crippen LogP contribution >= 0.6 is 0 Å². The molecule has 0 amide bonds. The molecule has 3 aliphatic rings. The van der Waals surface area contributed by atoms with E-state index in [0.29, 0.717) is 12.2 Å². The maximum atomic E-state index is 12.4. The van der Waals surface area contributed by atoms with Gasteiger partial charge in [-0.15, -0.1) is 0 Å². The van der Waals surface area contributed by atoms with Gasteiger partial charge in [0.05, 0.1) is 5.92 Å². The Morgan fingerprint density at radius 1 is 0.944 bits per heavy atom. The molecule has 3 aliphatic carbocycles. The monoisotopic (exact) mass is 234 g/mol. The van der Waals surface area contributed by atoms with Crippen molar-refractivity contribution in [2.75, 3.05) is 0 Å². The molecule has 5 rings (SSSR count). The number of fused-ring (bicyclic) bond motifs is 1. The first-order chi connectivity index (χ1) is 8.72. The SMILES string of the molecule is CC12CC(=O)C(c3ccccc31)c1ccccc12. The molecule has 0 aliphatic heterocycles. The van der Waals surface area contributed by atoms with Crippen molar-refractivity contribution in [2.45, 2.75) is 24.7 Å². The number of hydrogen-bond donors (Lipinski definition) is 0. The maximum Gasteiger partial charge on any atom is 0.145 e. The molecule has 0 saturated heterocycles. The lowest BCUT2D eigenvalue weighted by molar-refractivity contribution is -0.121. The van der Waals surface area contributed by atoms with Crippen LogP contribution in [0.1, 0.15) is 41.5 Å². The Morgan fingerprint density at radius 2 is 1.44 bits per heavy atom. The molecule has 0 radical (unpaired) electrons. The number of benzene rings is 2. The summed E-state index contributed by atoms with van der Waals surface area (Å²) in [4.78, 5) is 12.4. The molecule has 1 nitrogen and oxygen atoms in total. The Balaban J connectivity index is 2.14. The second-order valence-electron chi connectivity index (χ2n) is 5.58. The normalized spacial score (nSPS) is 27.8. The zero-order chi connectivity index (χ0) is 12.3. The van der Waals surface area contributed by atoms with Crippen molar-refractivity contribution in [3.63, 3.8) is 0 Å². The standard InChI is InChI=1S/C17H14O/c1-17-10-15(18)16(11-6-2-4-8-13(11)17)12-7-3-5-9-14(12)17/h2-9,16H,10H2,1H3. The van der Waals surface area contributed by atoms with Crippen LogP contribution in [0.2, 0.25) is 0 Å². The van der Waals surface area contributed by atoms with Gasteiger partial charge in [-0.25, -0.2) is 0 Å². The van der Waals surface area contributed by atoms with Crippen LogP contribution in [-0.4, -0.2) is 5.78 Å². The van der Waals surface area contributed by atoms with Crippen molar-refractivity contribution in [3.8, 4) is 0 Å². The van der Waals surface area contributed by atoms with Gasteiger partial charge in [0.25, 0.3) is 0 Å². The quantitative estimate of drug-likeness (QED) is 0.682. The fourth-order valence-electron chi connectivity index (χ4n) is 3.80. The molecule has 2 bridgehead atoms. The number of rotatable bonds is 0. The van der Waals surface area contributed by atoms with E-state index in [1.54, 1.807) is 0 Å². The third kappa shape index (κ3) is 1.01. The third-order valence-corrected chi connectivity index (χ3v) is 4.58. The molecular formula is C17H14O. The summed E-state index contributed by atoms with van der Waals surface area (Å²) >= 11 is 0. The first kappa shape index (κ1) is 10.1. The molecule has 1 heteroatoms. The van der Waals surface area contributed by atoms with Crippen LogP contribution in [0, 0.1) is 0 Å². The minimum atomic E-state index is -0.126. The van der Waals surface area contributed by atoms with Gasteiger partial charge in [0, 0.05) is 11.8 Å². The number of Topliss-reactive ketones (excluding diaryl/α,β-unsaturated/α-hetero) is 1. The summed E-state index contributed by atoms with van der Waals surface area (Å²) in [6, 6.07) is 16.8. The number of carbonyl (C=O) groups is 1. The minimum absolute atomic E-state index is 0.0285. The molecule has 0 atom stereocenters. The highest BCUT2D eigenvalue weighted by Crippen LogP contribution is 2.54. The second kappa shape index (κ2) is 3.11. The van der Waals surface area contributed by atoms with E-state index >= 15 is 0 Å². The summed E-state index contributed by atoms with van der Waals surface area (Å²) in [5, 5.41) is 0. The Morgan fingerprint density at radius 3 is 2.00 bits per heavy atom. The van der Waals surface area contributed by atoms with Crippen molar-refractivity contribution >= 4 is 5.78 Å². The molecular weight excluding hydrogens is 220 g/mol. The summed E-state index contributed by atoms with van der Waals surface area (Å²) in [7, 11) is 0. The van der Waals surface area contributed by atoms with E-state index in [-0.39, 0.29) is 11.3 Å². The van der Waals surface area contributed by atoms with Crippen LogP contribution in [0.4, 0.5) is 0 Å². The van der Waals surface area contributed by atoms with E-state index in [1.165, 1.54) is 22.3 Å². The highest BCUT2D eigenvalue weighted by Gasteiger charge is 2.49. The van der Waals surface area contributed by atoms with Gasteiger partial charge in [-0.05, 0) is 22.3 Å². The number of hydrogen-bond acceptors (Lipinski definition) is 1. The van der Waals surface area contributed by atoms with E-state index in [4.69, 9.17) is 0 Å². The zero-order valence-corrected chi connectivity index (χ0v) is 10.3. The summed E-state index contributed by atoms with van der Waals surface area (Å²) in [6.07, 6.45) is 0.645. The summed E-state index contributed by atoms with van der Waals surface area (Å²) in [5.41, 5.74) is 4.99. The lowest BCUT2D eigenvalue weighted by Crippen LogP contribution is -2.43. The first-order valence-corrected chi connectivity index (χ1v) is 6.43. The average Bonchev–Trinajstić information content (AvgIpc) is 2.39. The largest absolute Gasteiger partial charge is 0.299 e. The van der Waals surface area contributed by atoms with Crippen LogP contribution in [-0.2, 0) is 10.2 Å². The van der Waals surface area contributed by atoms with Gasteiger partial charge in [-0.2, -0.15) is 0 Å². The lowest BCUT2D eigenvalue weighted by Gasteiger charge is -2.46. The minimum Gasteiger partial charge on any atom is -0.299 e. The van der Waals surface area contributed by atoms with Crippen LogP contribution in [0.25, 0.3) is 0 Å². The van der Waals surface area contributed by atoms with Gasteiger partial charge in [0.1, 0.15) is 5.78 Å². The van der Waals surface area contributed by atoms with E-state index in [0.717, 1.165) is 0 Å². The predicted octanol–water partition coefficient (Wildman–Crippen LogP) is 3.41. The fraction of sp³-hybridized carbons (Fsp3) is 0.235. The van der Waals surface area contributed by atoms with E-state index in [9.17, 15) is 4.79 Å². The number of ketones is 1. The van der Waals surface area contributed by atoms with Gasteiger partial charge in [-0.3, -0.25) is 4.79 Å². The Labute approximate surface area is 106 Å². The molecule has 2 aromatic carbocycles.